The van der Waals surface area contributed by atoms with Crippen molar-refractivity contribution >= 4 is 24.0 Å². The van der Waals surface area contributed by atoms with E-state index < -0.39 is 0 Å². The highest BCUT2D eigenvalue weighted by Gasteiger charge is 2.10. The van der Waals surface area contributed by atoms with Gasteiger partial charge < -0.3 is 5.73 Å². The second kappa shape index (κ2) is 4.85. The summed E-state index contributed by atoms with van der Waals surface area (Å²) in [4.78, 5) is 0. The fourth-order valence-corrected chi connectivity index (χ4v) is 1.25. The molecule has 0 aliphatic heterocycles. The minimum Gasteiger partial charge on any atom is -0.325 e. The zero-order valence-corrected chi connectivity index (χ0v) is 9.45. The minimum absolute atomic E-state index is 0. The van der Waals surface area contributed by atoms with Crippen molar-refractivity contribution in [1.29, 1.82) is 0 Å². The third kappa shape index (κ3) is 5.14. The van der Waals surface area contributed by atoms with Gasteiger partial charge in [-0.3, -0.25) is 0 Å². The SMILES string of the molecule is CC(C)(N)Cc1ccc(Cl)cc1.Cl. The van der Waals surface area contributed by atoms with Gasteiger partial charge >= 0.3 is 0 Å². The standard InChI is InChI=1S/C10H14ClN.ClH/c1-10(2,12)7-8-3-5-9(11)6-4-8;/h3-6H,7,12H2,1-2H3;1H. The molecule has 0 fully saturated rings. The number of nitrogens with two attached hydrogens (primary N) is 1. The summed E-state index contributed by atoms with van der Waals surface area (Å²) in [6, 6.07) is 7.80. The molecule has 0 aliphatic rings. The first-order valence-corrected chi connectivity index (χ1v) is 4.38. The lowest BCUT2D eigenvalue weighted by Gasteiger charge is -2.18. The molecule has 0 amide bonds. The molecule has 0 saturated heterocycles. The first-order valence-electron chi connectivity index (χ1n) is 4.01. The molecule has 0 aliphatic carbocycles. The second-order valence-corrected chi connectivity index (χ2v) is 4.23. The minimum atomic E-state index is -0.145. The predicted octanol–water partition coefficient (Wildman–Crippen LogP) is 3.04. The highest BCUT2D eigenvalue weighted by atomic mass is 35.5. The van der Waals surface area contributed by atoms with Gasteiger partial charge in [0.1, 0.15) is 0 Å². The molecule has 0 saturated carbocycles. The van der Waals surface area contributed by atoms with E-state index in [0.29, 0.717) is 0 Å². The Morgan fingerprint density at radius 2 is 1.69 bits per heavy atom. The Balaban J connectivity index is 0.00000144. The lowest BCUT2D eigenvalue weighted by atomic mass is 9.96. The maximum absolute atomic E-state index is 5.87. The van der Waals surface area contributed by atoms with Crippen molar-refractivity contribution in [2.24, 2.45) is 5.73 Å². The van der Waals surface area contributed by atoms with E-state index in [4.69, 9.17) is 17.3 Å². The number of rotatable bonds is 2. The Morgan fingerprint density at radius 3 is 2.08 bits per heavy atom. The van der Waals surface area contributed by atoms with E-state index in [1.54, 1.807) is 0 Å². The summed E-state index contributed by atoms with van der Waals surface area (Å²) in [6.07, 6.45) is 0.879. The Bertz CT molecular complexity index is 249. The third-order valence-corrected chi connectivity index (χ3v) is 1.82. The highest BCUT2D eigenvalue weighted by Crippen LogP contribution is 2.13. The summed E-state index contributed by atoms with van der Waals surface area (Å²) >= 11 is 5.75. The van der Waals surface area contributed by atoms with E-state index in [1.807, 2.05) is 38.1 Å². The summed E-state index contributed by atoms with van der Waals surface area (Å²) in [5.41, 5.74) is 6.96. The second-order valence-electron chi connectivity index (χ2n) is 3.79. The van der Waals surface area contributed by atoms with Crippen molar-refractivity contribution in [3.8, 4) is 0 Å². The molecule has 1 aromatic carbocycles. The molecule has 1 aromatic rings. The Hall–Kier alpha value is -0.240. The lowest BCUT2D eigenvalue weighted by Crippen LogP contribution is -2.34. The van der Waals surface area contributed by atoms with Gasteiger partial charge in [0, 0.05) is 10.6 Å². The van der Waals surface area contributed by atoms with E-state index in [2.05, 4.69) is 0 Å². The predicted molar refractivity (Wildman–Crippen MR) is 60.7 cm³/mol. The molecule has 13 heavy (non-hydrogen) atoms. The molecule has 0 heterocycles. The van der Waals surface area contributed by atoms with Gasteiger partial charge in [-0.25, -0.2) is 0 Å². The number of benzene rings is 1. The van der Waals surface area contributed by atoms with E-state index in [9.17, 15) is 0 Å². The highest BCUT2D eigenvalue weighted by molar-refractivity contribution is 6.30. The zero-order chi connectivity index (χ0) is 9.19. The summed E-state index contributed by atoms with van der Waals surface area (Å²) in [6.45, 7) is 4.03. The van der Waals surface area contributed by atoms with Crippen molar-refractivity contribution in [1.82, 2.24) is 0 Å². The molecule has 3 heteroatoms. The molecule has 0 aromatic heterocycles. The van der Waals surface area contributed by atoms with Crippen LogP contribution in [-0.4, -0.2) is 5.54 Å². The van der Waals surface area contributed by atoms with Crippen LogP contribution in [-0.2, 0) is 6.42 Å². The number of hydrogen-bond donors (Lipinski definition) is 1. The molecular weight excluding hydrogens is 205 g/mol. The van der Waals surface area contributed by atoms with E-state index in [0.717, 1.165) is 11.4 Å². The molecule has 0 unspecified atom stereocenters. The number of halogens is 2. The quantitative estimate of drug-likeness (QED) is 0.814. The van der Waals surface area contributed by atoms with Crippen molar-refractivity contribution in [2.75, 3.05) is 0 Å². The average Bonchev–Trinajstić information content (AvgIpc) is 1.91. The summed E-state index contributed by atoms with van der Waals surface area (Å²) in [5, 5.41) is 0.772. The molecule has 0 spiro atoms. The van der Waals surface area contributed by atoms with Crippen molar-refractivity contribution < 1.29 is 0 Å². The smallest absolute Gasteiger partial charge is 0.0406 e. The normalized spacial score (nSPS) is 10.8. The van der Waals surface area contributed by atoms with E-state index in [-0.39, 0.29) is 17.9 Å². The largest absolute Gasteiger partial charge is 0.325 e. The Kier molecular flexibility index (Phi) is 4.76. The van der Waals surface area contributed by atoms with Crippen LogP contribution >= 0.6 is 24.0 Å². The van der Waals surface area contributed by atoms with Gasteiger partial charge in [0.15, 0.2) is 0 Å². The molecule has 2 N–H and O–H groups in total. The first kappa shape index (κ1) is 12.8. The molecular formula is C10H15Cl2N. The molecule has 1 rings (SSSR count). The van der Waals surface area contributed by atoms with E-state index in [1.165, 1.54) is 5.56 Å². The Morgan fingerprint density at radius 1 is 1.23 bits per heavy atom. The van der Waals surface area contributed by atoms with Crippen LogP contribution in [0, 0.1) is 0 Å². The van der Waals surface area contributed by atoms with Gasteiger partial charge in [0.05, 0.1) is 0 Å². The van der Waals surface area contributed by atoms with Crippen molar-refractivity contribution in [3.05, 3.63) is 34.9 Å². The molecule has 1 nitrogen and oxygen atoms in total. The fourth-order valence-electron chi connectivity index (χ4n) is 1.13. The van der Waals surface area contributed by atoms with Gasteiger partial charge in [0.2, 0.25) is 0 Å². The Labute approximate surface area is 90.7 Å². The third-order valence-electron chi connectivity index (χ3n) is 1.57. The van der Waals surface area contributed by atoms with Gasteiger partial charge in [0.25, 0.3) is 0 Å². The van der Waals surface area contributed by atoms with Crippen molar-refractivity contribution in [2.45, 2.75) is 25.8 Å². The first-order chi connectivity index (χ1) is 5.47. The monoisotopic (exact) mass is 219 g/mol. The lowest BCUT2D eigenvalue weighted by molar-refractivity contribution is 0.517. The van der Waals surface area contributed by atoms with Crippen LogP contribution in [0.15, 0.2) is 24.3 Å². The summed E-state index contributed by atoms with van der Waals surface area (Å²) in [5.74, 6) is 0. The topological polar surface area (TPSA) is 26.0 Å². The van der Waals surface area contributed by atoms with Crippen LogP contribution in [0.3, 0.4) is 0 Å². The van der Waals surface area contributed by atoms with Gasteiger partial charge in [-0.15, -0.1) is 12.4 Å². The molecule has 0 bridgehead atoms. The van der Waals surface area contributed by atoms with Gasteiger partial charge in [-0.1, -0.05) is 23.7 Å². The maximum Gasteiger partial charge on any atom is 0.0406 e. The van der Waals surface area contributed by atoms with Crippen molar-refractivity contribution in [3.63, 3.8) is 0 Å². The van der Waals surface area contributed by atoms with Crippen LogP contribution in [0.2, 0.25) is 5.02 Å². The van der Waals surface area contributed by atoms with Crippen LogP contribution in [0.5, 0.6) is 0 Å². The van der Waals surface area contributed by atoms with Crippen LogP contribution in [0.25, 0.3) is 0 Å². The summed E-state index contributed by atoms with van der Waals surface area (Å²) in [7, 11) is 0. The van der Waals surface area contributed by atoms with Crippen LogP contribution < -0.4 is 5.73 Å². The fraction of sp³-hybridized carbons (Fsp3) is 0.400. The average molecular weight is 220 g/mol. The summed E-state index contributed by atoms with van der Waals surface area (Å²) < 4.78 is 0. The van der Waals surface area contributed by atoms with E-state index >= 15 is 0 Å². The molecule has 0 atom stereocenters. The zero-order valence-electron chi connectivity index (χ0n) is 7.88. The molecule has 74 valence electrons. The van der Waals surface area contributed by atoms with Crippen LogP contribution in [0.1, 0.15) is 19.4 Å². The van der Waals surface area contributed by atoms with Gasteiger partial charge in [-0.2, -0.15) is 0 Å². The maximum atomic E-state index is 5.87. The van der Waals surface area contributed by atoms with Gasteiger partial charge in [-0.05, 0) is 38.0 Å². The molecule has 0 radical (unpaired) electrons. The number of hydrogen-bond acceptors (Lipinski definition) is 1. The van der Waals surface area contributed by atoms with Crippen LogP contribution in [0.4, 0.5) is 0 Å².